The quantitative estimate of drug-likeness (QED) is 0.509. The van der Waals surface area contributed by atoms with Crippen LogP contribution in [0.15, 0.2) is 32.8 Å². The predicted molar refractivity (Wildman–Crippen MR) is 79.2 cm³/mol. The molecule has 1 N–H and O–H groups in total. The highest BCUT2D eigenvalue weighted by Crippen LogP contribution is 2.24. The Morgan fingerprint density at radius 1 is 1.64 bits per heavy atom. The number of H-pyrrole nitrogens is 1. The maximum atomic E-state index is 12.0. The molecule has 0 saturated heterocycles. The molecule has 114 valence electrons. The largest absolute Gasteiger partial charge is 0.465 e. The van der Waals surface area contributed by atoms with Crippen molar-refractivity contribution in [1.29, 1.82) is 5.26 Å². The normalized spacial score (nSPS) is 11.7. The Labute approximate surface area is 130 Å². The number of aromatic nitrogens is 2. The molecule has 0 amide bonds. The number of carbonyl (C=O) groups is 1. The zero-order valence-electron chi connectivity index (χ0n) is 12.0. The smallest absolute Gasteiger partial charge is 0.319 e. The van der Waals surface area contributed by atoms with Gasteiger partial charge in [0.2, 0.25) is 0 Å². The number of esters is 1. The van der Waals surface area contributed by atoms with Gasteiger partial charge in [-0.15, -0.1) is 0 Å². The first-order valence-corrected chi connectivity index (χ1v) is 7.36. The fourth-order valence-corrected chi connectivity index (χ4v) is 2.47. The summed E-state index contributed by atoms with van der Waals surface area (Å²) in [6.07, 6.45) is 1.42. The third-order valence-corrected chi connectivity index (χ3v) is 3.63. The van der Waals surface area contributed by atoms with Gasteiger partial charge in [0.1, 0.15) is 22.6 Å². The molecule has 0 spiro atoms. The first kappa shape index (κ1) is 15.9. The molecule has 2 aromatic heterocycles. The summed E-state index contributed by atoms with van der Waals surface area (Å²) in [4.78, 5) is 30.3. The molecular weight excluding hydrogens is 306 g/mol. The van der Waals surface area contributed by atoms with Crippen molar-refractivity contribution < 1.29 is 13.9 Å². The lowest BCUT2D eigenvalue weighted by Gasteiger charge is -2.10. The van der Waals surface area contributed by atoms with Crippen LogP contribution in [0, 0.1) is 11.3 Å². The maximum absolute atomic E-state index is 12.0. The Balaban J connectivity index is 2.37. The molecular formula is C14H13N3O4S. The number of rotatable bonds is 5. The maximum Gasteiger partial charge on any atom is 0.319 e. The highest BCUT2D eigenvalue weighted by Gasteiger charge is 2.20. The second-order valence-corrected chi connectivity index (χ2v) is 5.53. The molecule has 7 nitrogen and oxygen atoms in total. The molecule has 0 fully saturated rings. The van der Waals surface area contributed by atoms with Crippen LogP contribution in [0.2, 0.25) is 0 Å². The zero-order chi connectivity index (χ0) is 16.1. The van der Waals surface area contributed by atoms with E-state index >= 15 is 0 Å². The third-order valence-electron chi connectivity index (χ3n) is 2.67. The fourth-order valence-electron chi connectivity index (χ4n) is 1.68. The van der Waals surface area contributed by atoms with E-state index < -0.39 is 16.8 Å². The number of thioether (sulfide) groups is 1. The molecule has 2 rings (SSSR count). The molecule has 22 heavy (non-hydrogen) atoms. The van der Waals surface area contributed by atoms with Gasteiger partial charge in [-0.05, 0) is 26.0 Å². The number of hydrogen-bond acceptors (Lipinski definition) is 7. The van der Waals surface area contributed by atoms with Crippen LogP contribution < -0.4 is 5.56 Å². The number of aromatic amines is 1. The topological polar surface area (TPSA) is 109 Å². The monoisotopic (exact) mass is 319 g/mol. The summed E-state index contributed by atoms with van der Waals surface area (Å²) in [5.74, 6) is -0.0904. The summed E-state index contributed by atoms with van der Waals surface area (Å²) in [5.41, 5.74) is -0.569. The lowest BCUT2D eigenvalue weighted by molar-refractivity contribution is -0.142. The van der Waals surface area contributed by atoms with E-state index in [4.69, 9.17) is 14.4 Å². The number of furan rings is 1. The summed E-state index contributed by atoms with van der Waals surface area (Å²) in [6.45, 7) is 3.64. The van der Waals surface area contributed by atoms with Crippen molar-refractivity contribution in [3.8, 4) is 17.5 Å². The number of ether oxygens (including phenoxy) is 1. The van der Waals surface area contributed by atoms with Gasteiger partial charge in [-0.2, -0.15) is 5.26 Å². The predicted octanol–water partition coefficient (Wildman–Crippen LogP) is 1.95. The zero-order valence-corrected chi connectivity index (χ0v) is 12.8. The van der Waals surface area contributed by atoms with Gasteiger partial charge in [-0.3, -0.25) is 9.59 Å². The second-order valence-electron chi connectivity index (χ2n) is 4.20. The number of nitrogens with zero attached hydrogens (tertiary/aromatic N) is 2. The van der Waals surface area contributed by atoms with Crippen molar-refractivity contribution in [1.82, 2.24) is 9.97 Å². The van der Waals surface area contributed by atoms with Gasteiger partial charge in [0.05, 0.1) is 12.9 Å². The van der Waals surface area contributed by atoms with Crippen LogP contribution in [-0.2, 0) is 9.53 Å². The summed E-state index contributed by atoms with van der Waals surface area (Å²) >= 11 is 1.04. The third kappa shape index (κ3) is 3.38. The van der Waals surface area contributed by atoms with Crippen LogP contribution in [0.5, 0.6) is 0 Å². The Bertz CT molecular complexity index is 761. The molecule has 8 heteroatoms. The molecule has 2 aromatic rings. The Morgan fingerprint density at radius 3 is 3.00 bits per heavy atom. The summed E-state index contributed by atoms with van der Waals surface area (Å²) < 4.78 is 10.1. The molecule has 0 unspecified atom stereocenters. The minimum atomic E-state index is -0.581. The summed E-state index contributed by atoms with van der Waals surface area (Å²) in [7, 11) is 0. The van der Waals surface area contributed by atoms with Gasteiger partial charge in [0, 0.05) is 0 Å². The van der Waals surface area contributed by atoms with Crippen LogP contribution in [-0.4, -0.2) is 27.8 Å². The van der Waals surface area contributed by atoms with Crippen LogP contribution in [0.4, 0.5) is 0 Å². The van der Waals surface area contributed by atoms with Crippen molar-refractivity contribution in [2.45, 2.75) is 24.3 Å². The lowest BCUT2D eigenvalue weighted by atomic mass is 10.2. The van der Waals surface area contributed by atoms with Gasteiger partial charge < -0.3 is 14.1 Å². The molecule has 0 bridgehead atoms. The molecule has 1 atom stereocenters. The van der Waals surface area contributed by atoms with Gasteiger partial charge in [-0.25, -0.2) is 4.98 Å². The van der Waals surface area contributed by atoms with Crippen LogP contribution in [0.3, 0.4) is 0 Å². The average molecular weight is 319 g/mol. The number of nitrogens with one attached hydrogen (secondary N) is 1. The van der Waals surface area contributed by atoms with E-state index in [2.05, 4.69) is 9.97 Å². The van der Waals surface area contributed by atoms with E-state index in [9.17, 15) is 9.59 Å². The first-order valence-electron chi connectivity index (χ1n) is 6.48. The van der Waals surface area contributed by atoms with Crippen LogP contribution >= 0.6 is 11.8 Å². The van der Waals surface area contributed by atoms with Crippen molar-refractivity contribution >= 4 is 17.7 Å². The van der Waals surface area contributed by atoms with Crippen molar-refractivity contribution in [3.05, 3.63) is 34.3 Å². The van der Waals surface area contributed by atoms with E-state index in [1.807, 2.05) is 6.07 Å². The molecule has 0 aliphatic rings. The van der Waals surface area contributed by atoms with Crippen LogP contribution in [0.1, 0.15) is 19.4 Å². The molecule has 0 aliphatic carbocycles. The van der Waals surface area contributed by atoms with E-state index in [0.717, 1.165) is 11.8 Å². The Hall–Kier alpha value is -2.53. The fraction of sp³-hybridized carbons (Fsp3) is 0.286. The van der Waals surface area contributed by atoms with E-state index in [0.29, 0.717) is 5.76 Å². The van der Waals surface area contributed by atoms with E-state index in [1.54, 1.807) is 26.0 Å². The molecule has 0 radical (unpaired) electrons. The minimum Gasteiger partial charge on any atom is -0.465 e. The molecule has 0 saturated carbocycles. The van der Waals surface area contributed by atoms with E-state index in [-0.39, 0.29) is 23.0 Å². The Morgan fingerprint density at radius 2 is 2.41 bits per heavy atom. The van der Waals surface area contributed by atoms with Crippen molar-refractivity contribution in [2.75, 3.05) is 6.61 Å². The number of carbonyl (C=O) groups excluding carboxylic acids is 1. The highest BCUT2D eigenvalue weighted by atomic mass is 32.2. The standard InChI is InChI=1S/C14H13N3O4S/c1-3-20-13(19)8(2)22-14-16-11(10-5-4-6-21-10)9(7-15)12(18)17-14/h4-6,8H,3H2,1-2H3,(H,16,17,18)/t8-/m0/s1. The van der Waals surface area contributed by atoms with Gasteiger partial charge in [-0.1, -0.05) is 11.8 Å². The van der Waals surface area contributed by atoms with Crippen LogP contribution in [0.25, 0.3) is 11.5 Å². The average Bonchev–Trinajstić information content (AvgIpc) is 3.01. The second kappa shape index (κ2) is 6.95. The number of hydrogen-bond donors (Lipinski definition) is 1. The first-order chi connectivity index (χ1) is 10.6. The van der Waals surface area contributed by atoms with Crippen molar-refractivity contribution in [3.63, 3.8) is 0 Å². The molecule has 0 aromatic carbocycles. The summed E-state index contributed by atoms with van der Waals surface area (Å²) in [6, 6.07) is 5.04. The van der Waals surface area contributed by atoms with Gasteiger partial charge in [0.15, 0.2) is 10.9 Å². The van der Waals surface area contributed by atoms with Crippen molar-refractivity contribution in [2.24, 2.45) is 0 Å². The van der Waals surface area contributed by atoms with Gasteiger partial charge in [0.25, 0.3) is 5.56 Å². The molecule has 0 aliphatic heterocycles. The Kier molecular flexibility index (Phi) is 5.01. The minimum absolute atomic E-state index is 0.136. The van der Waals surface area contributed by atoms with E-state index in [1.165, 1.54) is 6.26 Å². The highest BCUT2D eigenvalue weighted by molar-refractivity contribution is 8.00. The van der Waals surface area contributed by atoms with Gasteiger partial charge >= 0.3 is 5.97 Å². The number of nitriles is 1. The SMILES string of the molecule is CCOC(=O)[C@H](C)Sc1nc(-c2ccco2)c(C#N)c(=O)[nH]1. The summed E-state index contributed by atoms with van der Waals surface area (Å²) in [5, 5.41) is 8.77. The molecule has 2 heterocycles. The lowest BCUT2D eigenvalue weighted by Crippen LogP contribution is -2.19.